The lowest BCUT2D eigenvalue weighted by molar-refractivity contribution is 0.102. The third kappa shape index (κ3) is 4.81. The second-order valence-corrected chi connectivity index (χ2v) is 8.27. The third-order valence-corrected chi connectivity index (χ3v) is 5.55. The first-order chi connectivity index (χ1) is 13.2. The smallest absolute Gasteiger partial charge is 0.261 e. The highest BCUT2D eigenvalue weighted by molar-refractivity contribution is 7.92. The molecule has 9 heteroatoms. The Morgan fingerprint density at radius 2 is 1.61 bits per heavy atom. The van der Waals surface area contributed by atoms with E-state index in [-0.39, 0.29) is 21.8 Å². The van der Waals surface area contributed by atoms with E-state index in [1.165, 1.54) is 48.5 Å². The maximum atomic E-state index is 14.4. The second kappa shape index (κ2) is 8.18. The number of nitrogens with one attached hydrogen (secondary N) is 2. The summed E-state index contributed by atoms with van der Waals surface area (Å²) in [4.78, 5) is 11.9. The van der Waals surface area contributed by atoms with E-state index >= 15 is 0 Å². The maximum Gasteiger partial charge on any atom is 0.261 e. The molecule has 0 heterocycles. The van der Waals surface area contributed by atoms with Gasteiger partial charge in [0.25, 0.3) is 15.9 Å². The van der Waals surface area contributed by atoms with Gasteiger partial charge in [-0.25, -0.2) is 12.8 Å². The van der Waals surface area contributed by atoms with Gasteiger partial charge in [0.2, 0.25) is 0 Å². The van der Waals surface area contributed by atoms with E-state index in [0.29, 0.717) is 10.0 Å². The van der Waals surface area contributed by atoms with Crippen molar-refractivity contribution < 1.29 is 17.6 Å². The average molecular weight is 439 g/mol. The molecule has 0 bridgehead atoms. The van der Waals surface area contributed by atoms with Crippen LogP contribution < -0.4 is 10.0 Å². The van der Waals surface area contributed by atoms with Crippen LogP contribution in [-0.4, -0.2) is 14.3 Å². The molecule has 0 spiro atoms. The monoisotopic (exact) mass is 438 g/mol. The summed E-state index contributed by atoms with van der Waals surface area (Å²) in [5, 5.41) is 3.21. The van der Waals surface area contributed by atoms with Gasteiger partial charge in [-0.05, 0) is 60.7 Å². The molecule has 1 amide bonds. The molecule has 0 aliphatic rings. The predicted octanol–water partition coefficient (Wildman–Crippen LogP) is 5.19. The summed E-state index contributed by atoms with van der Waals surface area (Å²) in [7, 11) is -4.03. The number of carbonyl (C=O) groups is 1. The van der Waals surface area contributed by atoms with E-state index in [1.807, 2.05) is 0 Å². The predicted molar refractivity (Wildman–Crippen MR) is 108 cm³/mol. The van der Waals surface area contributed by atoms with Gasteiger partial charge in [-0.2, -0.15) is 0 Å². The molecule has 0 saturated carbocycles. The van der Waals surface area contributed by atoms with E-state index in [9.17, 15) is 17.6 Å². The Labute approximate surface area is 171 Å². The number of carbonyl (C=O) groups excluding carboxylic acids is 1. The zero-order valence-electron chi connectivity index (χ0n) is 14.1. The molecule has 0 radical (unpaired) electrons. The van der Waals surface area contributed by atoms with Gasteiger partial charge in [0.15, 0.2) is 0 Å². The summed E-state index contributed by atoms with van der Waals surface area (Å²) in [6, 6.07) is 15.3. The summed E-state index contributed by atoms with van der Waals surface area (Å²) in [6.45, 7) is 0. The van der Waals surface area contributed by atoms with Crippen LogP contribution >= 0.6 is 23.2 Å². The highest BCUT2D eigenvalue weighted by atomic mass is 35.5. The van der Waals surface area contributed by atoms with Crippen molar-refractivity contribution in [2.75, 3.05) is 10.0 Å². The molecular weight excluding hydrogens is 426 g/mol. The normalized spacial score (nSPS) is 11.1. The lowest BCUT2D eigenvalue weighted by Crippen LogP contribution is -2.15. The summed E-state index contributed by atoms with van der Waals surface area (Å²) in [5.74, 6) is -1.44. The minimum absolute atomic E-state index is 0.151. The summed E-state index contributed by atoms with van der Waals surface area (Å²) < 4.78 is 41.6. The fourth-order valence-electron chi connectivity index (χ4n) is 2.33. The Hall–Kier alpha value is -2.61. The molecule has 0 fully saturated rings. The van der Waals surface area contributed by atoms with Crippen LogP contribution in [0.5, 0.6) is 0 Å². The van der Waals surface area contributed by atoms with Crippen molar-refractivity contribution in [1.82, 2.24) is 0 Å². The molecule has 3 aromatic carbocycles. The van der Waals surface area contributed by atoms with Gasteiger partial charge < -0.3 is 5.32 Å². The Morgan fingerprint density at radius 1 is 0.893 bits per heavy atom. The molecule has 3 aromatic rings. The maximum absolute atomic E-state index is 14.4. The number of benzene rings is 3. The molecule has 0 aromatic heterocycles. The SMILES string of the molecule is O=C(Nc1ccc(S(=O)(=O)Nc2cccc(Cl)c2)cc1F)c1ccc(Cl)cc1. The molecule has 5 nitrogen and oxygen atoms in total. The number of halogens is 3. The zero-order valence-corrected chi connectivity index (χ0v) is 16.4. The molecule has 3 rings (SSSR count). The van der Waals surface area contributed by atoms with E-state index in [2.05, 4.69) is 10.0 Å². The summed E-state index contributed by atoms with van der Waals surface area (Å²) in [5.41, 5.74) is 0.373. The van der Waals surface area contributed by atoms with Gasteiger partial charge >= 0.3 is 0 Å². The van der Waals surface area contributed by atoms with Crippen LogP contribution in [0, 0.1) is 5.82 Å². The van der Waals surface area contributed by atoms with Crippen molar-refractivity contribution in [3.63, 3.8) is 0 Å². The molecule has 0 aliphatic carbocycles. The highest BCUT2D eigenvalue weighted by Crippen LogP contribution is 2.23. The Kier molecular flexibility index (Phi) is 5.88. The van der Waals surface area contributed by atoms with Gasteiger partial charge in [-0.15, -0.1) is 0 Å². The van der Waals surface area contributed by atoms with Crippen molar-refractivity contribution in [3.05, 3.63) is 88.2 Å². The van der Waals surface area contributed by atoms with Crippen LogP contribution in [0.4, 0.5) is 15.8 Å². The van der Waals surface area contributed by atoms with Crippen LogP contribution in [0.2, 0.25) is 10.0 Å². The van der Waals surface area contributed by atoms with Crippen molar-refractivity contribution in [2.45, 2.75) is 4.90 Å². The molecule has 28 heavy (non-hydrogen) atoms. The molecule has 2 N–H and O–H groups in total. The minimum atomic E-state index is -4.03. The fraction of sp³-hybridized carbons (Fsp3) is 0. The first kappa shape index (κ1) is 20.1. The number of sulfonamides is 1. The Morgan fingerprint density at radius 3 is 2.25 bits per heavy atom. The van der Waals surface area contributed by atoms with E-state index in [1.54, 1.807) is 12.1 Å². The number of hydrogen-bond donors (Lipinski definition) is 2. The van der Waals surface area contributed by atoms with Crippen LogP contribution in [0.15, 0.2) is 71.6 Å². The van der Waals surface area contributed by atoms with Crippen LogP contribution in [-0.2, 0) is 10.0 Å². The number of amides is 1. The fourth-order valence-corrected chi connectivity index (χ4v) is 3.70. The molecule has 0 aliphatic heterocycles. The van der Waals surface area contributed by atoms with Crippen molar-refractivity contribution in [1.29, 1.82) is 0 Å². The highest BCUT2D eigenvalue weighted by Gasteiger charge is 2.18. The number of rotatable bonds is 5. The number of hydrogen-bond acceptors (Lipinski definition) is 3. The lowest BCUT2D eigenvalue weighted by Gasteiger charge is -2.11. The van der Waals surface area contributed by atoms with Crippen molar-refractivity contribution in [2.24, 2.45) is 0 Å². The largest absolute Gasteiger partial charge is 0.319 e. The van der Waals surface area contributed by atoms with Gasteiger partial charge in [-0.1, -0.05) is 29.3 Å². The van der Waals surface area contributed by atoms with Crippen molar-refractivity contribution in [3.8, 4) is 0 Å². The standard InChI is InChI=1S/C19H13Cl2FN2O3S/c20-13-6-4-12(5-7-13)19(25)23-18-9-8-16(11-17(18)22)28(26,27)24-15-3-1-2-14(21)10-15/h1-11,24H,(H,23,25). The molecular formula is C19H13Cl2FN2O3S. The molecule has 0 saturated heterocycles. The third-order valence-electron chi connectivity index (χ3n) is 3.68. The lowest BCUT2D eigenvalue weighted by atomic mass is 10.2. The Bertz CT molecular complexity index is 1140. The van der Waals surface area contributed by atoms with Gasteiger partial charge in [-0.3, -0.25) is 9.52 Å². The Balaban J connectivity index is 1.79. The second-order valence-electron chi connectivity index (χ2n) is 5.72. The van der Waals surface area contributed by atoms with Crippen LogP contribution in [0.1, 0.15) is 10.4 Å². The molecule has 144 valence electrons. The minimum Gasteiger partial charge on any atom is -0.319 e. The van der Waals surface area contributed by atoms with Crippen LogP contribution in [0.25, 0.3) is 0 Å². The summed E-state index contributed by atoms with van der Waals surface area (Å²) in [6.07, 6.45) is 0. The zero-order chi connectivity index (χ0) is 20.3. The van der Waals surface area contributed by atoms with Crippen molar-refractivity contribution >= 4 is 50.5 Å². The molecule has 0 unspecified atom stereocenters. The van der Waals surface area contributed by atoms with E-state index < -0.39 is 21.7 Å². The van der Waals surface area contributed by atoms with Crippen LogP contribution in [0.3, 0.4) is 0 Å². The average Bonchev–Trinajstić information content (AvgIpc) is 2.63. The van der Waals surface area contributed by atoms with Gasteiger partial charge in [0.05, 0.1) is 16.3 Å². The quantitative estimate of drug-likeness (QED) is 0.575. The van der Waals surface area contributed by atoms with E-state index in [4.69, 9.17) is 23.2 Å². The van der Waals surface area contributed by atoms with Gasteiger partial charge in [0, 0.05) is 15.6 Å². The first-order valence-corrected chi connectivity index (χ1v) is 10.1. The summed E-state index contributed by atoms with van der Waals surface area (Å²) >= 11 is 11.6. The topological polar surface area (TPSA) is 75.3 Å². The first-order valence-electron chi connectivity index (χ1n) is 7.89. The number of anilines is 2. The molecule has 0 atom stereocenters. The van der Waals surface area contributed by atoms with E-state index in [0.717, 1.165) is 6.07 Å². The van der Waals surface area contributed by atoms with Gasteiger partial charge in [0.1, 0.15) is 5.82 Å².